The monoisotopic (exact) mass is 1280 g/mol. The van der Waals surface area contributed by atoms with E-state index in [1.807, 2.05) is 0 Å². The lowest BCUT2D eigenvalue weighted by molar-refractivity contribution is -0.297. The minimum Gasteiger partial charge on any atom is -0.462 e. The predicted octanol–water partition coefficient (Wildman–Crippen LogP) is 11.0. The number of unbranched alkanes of at least 4 members (excludes halogenated alkanes) is 32. The molecule has 518 valence electrons. The molecule has 2 heterocycles. The topological polar surface area (TPSA) is 327 Å². The Hall–Kier alpha value is -2.37. The molecule has 2 saturated heterocycles. The van der Waals surface area contributed by atoms with Gasteiger partial charge in [-0.2, -0.15) is 0 Å². The van der Waals surface area contributed by atoms with Crippen molar-refractivity contribution < 1.29 is 92.4 Å². The number of ether oxygens (including phenoxy) is 5. The standard InChI is InChI=1S/C66H125N2O19P/c1-5-9-13-17-21-25-29-33-37-41-50(70)45-55(72)67-59-62(77)61(76)54(84-65(59)78)49-82-66-60(64(63(53(48-69)85-66)87-88(79,80)81)86-58(75)46-51(71)42-38-34-30-26-22-18-14-10-6-2)68-56(73)47-52(43-39-35-31-27-23-19-15-11-7-3)83-57(74)44-40-36-32-28-24-20-16-12-8-4/h50-54,59-66,69-71,76-78H,5-49H2,1-4H3,(H,67,72)(H,68,73)(H2,79,80,81)/t50-,51-,52-,53-,54-,59-,60-,61-,62-,63-,64-,65+,66-/m1/s1. The van der Waals surface area contributed by atoms with Crippen molar-refractivity contribution in [3.63, 3.8) is 0 Å². The third kappa shape index (κ3) is 38.6. The molecule has 22 heteroatoms. The number of aliphatic hydroxyl groups excluding tert-OH is 6. The second kappa shape index (κ2) is 51.1. The molecule has 13 atom stereocenters. The van der Waals surface area contributed by atoms with Crippen LogP contribution in [0.4, 0.5) is 0 Å². The van der Waals surface area contributed by atoms with Gasteiger partial charge in [0.25, 0.3) is 0 Å². The van der Waals surface area contributed by atoms with Crippen LogP contribution in [0.1, 0.15) is 304 Å². The van der Waals surface area contributed by atoms with Crippen LogP contribution in [0, 0.1) is 0 Å². The maximum absolute atomic E-state index is 14.5. The molecule has 0 aromatic heterocycles. The average Bonchev–Trinajstić information content (AvgIpc) is 2.80. The quantitative estimate of drug-likeness (QED) is 0.0154. The third-order valence-corrected chi connectivity index (χ3v) is 17.6. The first kappa shape index (κ1) is 81.7. The van der Waals surface area contributed by atoms with Crippen molar-refractivity contribution in [1.82, 2.24) is 10.6 Å². The number of esters is 2. The van der Waals surface area contributed by atoms with E-state index in [0.29, 0.717) is 38.5 Å². The van der Waals surface area contributed by atoms with Crippen LogP contribution in [0.2, 0.25) is 0 Å². The fraction of sp³-hybridized carbons (Fsp3) is 0.939. The Morgan fingerprint density at radius 3 is 1.34 bits per heavy atom. The van der Waals surface area contributed by atoms with Crippen molar-refractivity contribution >= 4 is 31.6 Å². The molecule has 21 nitrogen and oxygen atoms in total. The lowest BCUT2D eigenvalue weighted by Crippen LogP contribution is -2.67. The van der Waals surface area contributed by atoms with Crippen molar-refractivity contribution in [2.24, 2.45) is 0 Å². The van der Waals surface area contributed by atoms with Gasteiger partial charge in [0, 0.05) is 6.42 Å². The average molecular weight is 1280 g/mol. The summed E-state index contributed by atoms with van der Waals surface area (Å²) in [6.07, 6.45) is 20.0. The number of hydrogen-bond donors (Lipinski definition) is 10. The van der Waals surface area contributed by atoms with Crippen LogP contribution < -0.4 is 10.6 Å². The van der Waals surface area contributed by atoms with Gasteiger partial charge in [0.2, 0.25) is 11.8 Å². The predicted molar refractivity (Wildman–Crippen MR) is 338 cm³/mol. The molecule has 2 aliphatic rings. The highest BCUT2D eigenvalue weighted by molar-refractivity contribution is 7.46. The summed E-state index contributed by atoms with van der Waals surface area (Å²) in [6.45, 7) is 6.97. The van der Waals surface area contributed by atoms with Gasteiger partial charge in [-0.3, -0.25) is 23.7 Å². The Kier molecular flexibility index (Phi) is 47.5. The van der Waals surface area contributed by atoms with E-state index in [2.05, 4.69) is 38.3 Å². The number of phosphoric acid groups is 1. The molecular formula is C66H125N2O19P. The van der Waals surface area contributed by atoms with Crippen LogP contribution in [0.25, 0.3) is 0 Å². The minimum absolute atomic E-state index is 0.152. The fourth-order valence-electron chi connectivity index (χ4n) is 11.8. The van der Waals surface area contributed by atoms with Gasteiger partial charge >= 0.3 is 19.8 Å². The molecule has 0 bridgehead atoms. The number of phosphoric ester groups is 1. The zero-order chi connectivity index (χ0) is 64.8. The van der Waals surface area contributed by atoms with Gasteiger partial charge in [-0.15, -0.1) is 0 Å². The van der Waals surface area contributed by atoms with Gasteiger partial charge in [-0.25, -0.2) is 4.57 Å². The highest BCUT2D eigenvalue weighted by atomic mass is 31.2. The number of rotatable bonds is 56. The summed E-state index contributed by atoms with van der Waals surface area (Å²) < 4.78 is 47.5. The molecule has 0 saturated carbocycles. The molecule has 0 radical (unpaired) electrons. The van der Waals surface area contributed by atoms with Crippen molar-refractivity contribution in [2.45, 2.75) is 383 Å². The molecule has 0 aromatic carbocycles. The molecule has 2 fully saturated rings. The smallest absolute Gasteiger partial charge is 0.462 e. The van der Waals surface area contributed by atoms with Crippen LogP contribution >= 0.6 is 7.82 Å². The summed E-state index contributed by atoms with van der Waals surface area (Å²) in [5.41, 5.74) is 0. The van der Waals surface area contributed by atoms with E-state index in [1.165, 1.54) is 77.0 Å². The Labute approximate surface area is 529 Å². The molecule has 0 aromatic rings. The fourth-order valence-corrected chi connectivity index (χ4v) is 12.4. The summed E-state index contributed by atoms with van der Waals surface area (Å²) in [5.74, 6) is -2.99. The Bertz CT molecular complexity index is 1820. The van der Waals surface area contributed by atoms with Crippen LogP contribution in [0.3, 0.4) is 0 Å². The van der Waals surface area contributed by atoms with Crippen molar-refractivity contribution in [2.75, 3.05) is 13.2 Å². The Morgan fingerprint density at radius 1 is 0.477 bits per heavy atom. The zero-order valence-electron chi connectivity index (χ0n) is 54.8. The maximum Gasteiger partial charge on any atom is 0.470 e. The summed E-state index contributed by atoms with van der Waals surface area (Å²) in [5, 5.41) is 71.3. The lowest BCUT2D eigenvalue weighted by atomic mass is 9.95. The Balaban J connectivity index is 2.37. The van der Waals surface area contributed by atoms with Gasteiger partial charge < -0.3 is 74.7 Å². The number of carbonyl (C=O) groups is 4. The number of hydrogen-bond acceptors (Lipinski definition) is 17. The van der Waals surface area contributed by atoms with Crippen molar-refractivity contribution in [1.29, 1.82) is 0 Å². The second-order valence-corrected chi connectivity index (χ2v) is 26.5. The minimum atomic E-state index is -5.49. The summed E-state index contributed by atoms with van der Waals surface area (Å²) in [4.78, 5) is 75.3. The number of aliphatic hydroxyl groups is 6. The van der Waals surface area contributed by atoms with E-state index in [-0.39, 0.29) is 19.3 Å². The summed E-state index contributed by atoms with van der Waals surface area (Å²) in [6, 6.07) is -3.26. The van der Waals surface area contributed by atoms with Gasteiger partial charge in [-0.05, 0) is 32.1 Å². The van der Waals surface area contributed by atoms with Crippen LogP contribution in [-0.2, 0) is 52.0 Å². The highest BCUT2D eigenvalue weighted by Crippen LogP contribution is 2.42. The molecule has 2 amide bonds. The van der Waals surface area contributed by atoms with Gasteiger partial charge in [0.1, 0.15) is 48.7 Å². The van der Waals surface area contributed by atoms with E-state index in [4.69, 9.17) is 28.2 Å². The van der Waals surface area contributed by atoms with Gasteiger partial charge in [0.05, 0.1) is 44.7 Å². The third-order valence-electron chi connectivity index (χ3n) is 17.1. The van der Waals surface area contributed by atoms with E-state index < -0.39 is 137 Å². The Morgan fingerprint density at radius 2 is 0.886 bits per heavy atom. The van der Waals surface area contributed by atoms with Crippen LogP contribution in [0.15, 0.2) is 0 Å². The van der Waals surface area contributed by atoms with Crippen molar-refractivity contribution in [3.8, 4) is 0 Å². The van der Waals surface area contributed by atoms with E-state index in [0.717, 1.165) is 128 Å². The zero-order valence-corrected chi connectivity index (χ0v) is 55.7. The number of carbonyl (C=O) groups excluding carboxylic acids is 4. The van der Waals surface area contributed by atoms with E-state index in [1.54, 1.807) is 0 Å². The van der Waals surface area contributed by atoms with Crippen LogP contribution in [0.5, 0.6) is 0 Å². The molecule has 0 spiro atoms. The molecule has 0 unspecified atom stereocenters. The van der Waals surface area contributed by atoms with E-state index >= 15 is 0 Å². The number of nitrogens with one attached hydrogen (secondary N) is 2. The first-order valence-electron chi connectivity index (χ1n) is 35.0. The maximum atomic E-state index is 14.5. The molecule has 88 heavy (non-hydrogen) atoms. The highest BCUT2D eigenvalue weighted by Gasteiger charge is 2.53. The second-order valence-electron chi connectivity index (χ2n) is 25.3. The SMILES string of the molecule is CCCCCCCCCCCC(=O)O[C@H](CCCCCCCCCCC)CC(=O)N[C@H]1[C@H](OC[C@H]2O[C@H](O)[C@H](NC(=O)C[C@H](O)CCCCCCCCCCC)[C@@H](O)[C@@H]2O)O[C@H](CO)[C@@H](OP(=O)(O)O)[C@@H]1OC(=O)C[C@H](O)CCCCCCCCCCC. The van der Waals surface area contributed by atoms with Gasteiger partial charge in [-0.1, -0.05) is 246 Å². The molecule has 2 rings (SSSR count). The summed E-state index contributed by atoms with van der Waals surface area (Å²) in [7, 11) is -5.49. The molecule has 10 N–H and O–H groups in total. The molecule has 0 aliphatic carbocycles. The summed E-state index contributed by atoms with van der Waals surface area (Å²) >= 11 is 0. The first-order chi connectivity index (χ1) is 42.4. The van der Waals surface area contributed by atoms with Gasteiger partial charge in [0.15, 0.2) is 18.7 Å². The molecular weight excluding hydrogens is 1160 g/mol. The first-order valence-corrected chi connectivity index (χ1v) is 36.6. The van der Waals surface area contributed by atoms with Crippen LogP contribution in [-0.4, -0.2) is 157 Å². The largest absolute Gasteiger partial charge is 0.470 e. The molecule has 2 aliphatic heterocycles. The van der Waals surface area contributed by atoms with E-state index in [9.17, 15) is 64.2 Å². The normalized spacial score (nSPS) is 23.3. The van der Waals surface area contributed by atoms with Crippen molar-refractivity contribution in [3.05, 3.63) is 0 Å². The lowest BCUT2D eigenvalue weighted by Gasteiger charge is -2.46. The number of amides is 2.